The molecule has 1 heterocycles. The van der Waals surface area contributed by atoms with Gasteiger partial charge in [-0.2, -0.15) is 5.10 Å². The Kier molecular flexibility index (Phi) is 4.14. The number of carboxylic acids is 1. The quantitative estimate of drug-likeness (QED) is 0.882. The third kappa shape index (κ3) is 2.85. The molecule has 1 aromatic carbocycles. The fraction of sp³-hybridized carbons (Fsp3) is 0.357. The van der Waals surface area contributed by atoms with E-state index in [4.69, 9.17) is 0 Å². The van der Waals surface area contributed by atoms with Gasteiger partial charge in [-0.25, -0.2) is 9.48 Å². The van der Waals surface area contributed by atoms with Gasteiger partial charge in [0.1, 0.15) is 0 Å². The molecule has 0 unspecified atom stereocenters. The van der Waals surface area contributed by atoms with Crippen LogP contribution in [-0.4, -0.2) is 46.4 Å². The maximum absolute atomic E-state index is 12.3. The van der Waals surface area contributed by atoms with Gasteiger partial charge in [-0.05, 0) is 33.1 Å². The number of aryl methyl sites for hydroxylation is 1. The van der Waals surface area contributed by atoms with E-state index in [2.05, 4.69) is 5.10 Å². The number of carboxylic acid groups (broad SMARTS) is 1. The summed E-state index contributed by atoms with van der Waals surface area (Å²) in [5.74, 6) is -1.12. The number of benzene rings is 1. The largest absolute Gasteiger partial charge is 0.476 e. The predicted octanol–water partition coefficient (Wildman–Crippen LogP) is 1.05. The molecular formula is C14H17N3O3. The summed E-state index contributed by atoms with van der Waals surface area (Å²) >= 11 is 0. The first-order valence-electron chi connectivity index (χ1n) is 6.38. The Hall–Kier alpha value is -2.21. The summed E-state index contributed by atoms with van der Waals surface area (Å²) in [5, 5.41) is 14.0. The summed E-state index contributed by atoms with van der Waals surface area (Å²) in [4.78, 5) is 25.6. The van der Waals surface area contributed by atoms with Crippen LogP contribution in [0, 0.1) is 0 Å². The van der Waals surface area contributed by atoms with Gasteiger partial charge in [0.05, 0.1) is 5.39 Å². The molecule has 20 heavy (non-hydrogen) atoms. The first-order valence-corrected chi connectivity index (χ1v) is 6.38. The minimum Gasteiger partial charge on any atom is -0.476 e. The zero-order valence-corrected chi connectivity index (χ0v) is 11.5. The molecule has 0 aliphatic heterocycles. The Morgan fingerprint density at radius 1 is 1.30 bits per heavy atom. The molecule has 0 amide bonds. The summed E-state index contributed by atoms with van der Waals surface area (Å²) in [5.41, 5.74) is -0.325. The minimum absolute atomic E-state index is 0.0787. The molecule has 6 heteroatoms. The topological polar surface area (TPSA) is 75.4 Å². The summed E-state index contributed by atoms with van der Waals surface area (Å²) in [6.07, 6.45) is 0.733. The maximum atomic E-state index is 12.3. The van der Waals surface area contributed by atoms with Gasteiger partial charge in [-0.15, -0.1) is 0 Å². The van der Waals surface area contributed by atoms with E-state index < -0.39 is 5.97 Å². The molecule has 0 atom stereocenters. The highest BCUT2D eigenvalue weighted by Gasteiger charge is 2.15. The van der Waals surface area contributed by atoms with Crippen molar-refractivity contribution in [2.24, 2.45) is 0 Å². The van der Waals surface area contributed by atoms with E-state index in [1.165, 1.54) is 4.68 Å². The van der Waals surface area contributed by atoms with E-state index in [1.54, 1.807) is 24.3 Å². The van der Waals surface area contributed by atoms with Gasteiger partial charge in [0.25, 0.3) is 5.56 Å². The van der Waals surface area contributed by atoms with Crippen LogP contribution in [0.15, 0.2) is 29.1 Å². The highest BCUT2D eigenvalue weighted by atomic mass is 16.4. The van der Waals surface area contributed by atoms with Gasteiger partial charge in [-0.3, -0.25) is 4.79 Å². The van der Waals surface area contributed by atoms with Crippen LogP contribution in [0.3, 0.4) is 0 Å². The monoisotopic (exact) mass is 275 g/mol. The van der Waals surface area contributed by atoms with Crippen molar-refractivity contribution in [3.8, 4) is 0 Å². The highest BCUT2D eigenvalue weighted by molar-refractivity contribution is 6.01. The molecule has 6 nitrogen and oxygen atoms in total. The van der Waals surface area contributed by atoms with E-state index in [1.807, 2.05) is 19.0 Å². The van der Waals surface area contributed by atoms with Crippen LogP contribution in [-0.2, 0) is 6.54 Å². The molecule has 0 aliphatic carbocycles. The Bertz CT molecular complexity index is 692. The van der Waals surface area contributed by atoms with Crippen molar-refractivity contribution in [1.82, 2.24) is 14.7 Å². The lowest BCUT2D eigenvalue weighted by Gasteiger charge is -2.11. The molecule has 0 radical (unpaired) electrons. The van der Waals surface area contributed by atoms with Gasteiger partial charge in [-0.1, -0.05) is 18.2 Å². The van der Waals surface area contributed by atoms with E-state index in [0.29, 0.717) is 17.3 Å². The number of fused-ring (bicyclic) bond motifs is 1. The summed E-state index contributed by atoms with van der Waals surface area (Å²) in [6, 6.07) is 6.66. The summed E-state index contributed by atoms with van der Waals surface area (Å²) < 4.78 is 1.25. The molecule has 0 fully saturated rings. The number of nitrogens with zero attached hydrogens (tertiary/aromatic N) is 3. The zero-order valence-electron chi connectivity index (χ0n) is 11.5. The Morgan fingerprint density at radius 2 is 1.95 bits per heavy atom. The molecule has 0 saturated heterocycles. The van der Waals surface area contributed by atoms with Crippen LogP contribution in [0.1, 0.15) is 16.9 Å². The molecule has 0 bridgehead atoms. The number of rotatable bonds is 5. The fourth-order valence-electron chi connectivity index (χ4n) is 2.08. The Morgan fingerprint density at radius 3 is 2.55 bits per heavy atom. The second kappa shape index (κ2) is 5.83. The number of hydrogen-bond donors (Lipinski definition) is 1. The second-order valence-corrected chi connectivity index (χ2v) is 4.88. The normalized spacial score (nSPS) is 11.2. The van der Waals surface area contributed by atoms with Crippen molar-refractivity contribution in [3.63, 3.8) is 0 Å². The number of hydrogen-bond acceptors (Lipinski definition) is 4. The number of carbonyl (C=O) groups is 1. The average Bonchev–Trinajstić information content (AvgIpc) is 2.41. The van der Waals surface area contributed by atoms with Crippen molar-refractivity contribution in [3.05, 3.63) is 40.3 Å². The number of aromatic nitrogens is 2. The van der Waals surface area contributed by atoms with Crippen molar-refractivity contribution in [2.75, 3.05) is 20.6 Å². The van der Waals surface area contributed by atoms with E-state index in [9.17, 15) is 14.7 Å². The first kappa shape index (κ1) is 14.2. The Labute approximate surface area is 116 Å². The third-order valence-corrected chi connectivity index (χ3v) is 3.05. The van der Waals surface area contributed by atoms with E-state index >= 15 is 0 Å². The van der Waals surface area contributed by atoms with Crippen molar-refractivity contribution < 1.29 is 9.90 Å². The first-order chi connectivity index (χ1) is 9.50. The smallest absolute Gasteiger partial charge is 0.357 e. The predicted molar refractivity (Wildman–Crippen MR) is 76.1 cm³/mol. The average molecular weight is 275 g/mol. The van der Waals surface area contributed by atoms with E-state index in [0.717, 1.165) is 13.0 Å². The van der Waals surface area contributed by atoms with Gasteiger partial charge >= 0.3 is 5.97 Å². The lowest BCUT2D eigenvalue weighted by molar-refractivity contribution is 0.0690. The SMILES string of the molecule is CN(C)CCCn1nc(C(=O)O)c2ccccc2c1=O. The van der Waals surface area contributed by atoms with Crippen LogP contribution in [0.2, 0.25) is 0 Å². The van der Waals surface area contributed by atoms with Crippen LogP contribution < -0.4 is 5.56 Å². The maximum Gasteiger partial charge on any atom is 0.357 e. The van der Waals surface area contributed by atoms with Crippen LogP contribution >= 0.6 is 0 Å². The van der Waals surface area contributed by atoms with Crippen LogP contribution in [0.5, 0.6) is 0 Å². The fourth-order valence-corrected chi connectivity index (χ4v) is 2.08. The molecule has 0 saturated carbocycles. The molecule has 106 valence electrons. The third-order valence-electron chi connectivity index (χ3n) is 3.05. The molecule has 2 rings (SSSR count). The molecule has 1 N–H and O–H groups in total. The molecule has 1 aromatic heterocycles. The van der Waals surface area contributed by atoms with Crippen molar-refractivity contribution in [1.29, 1.82) is 0 Å². The van der Waals surface area contributed by atoms with Crippen LogP contribution in [0.25, 0.3) is 10.8 Å². The van der Waals surface area contributed by atoms with Gasteiger partial charge in [0, 0.05) is 11.9 Å². The Balaban J connectivity index is 2.48. The lowest BCUT2D eigenvalue weighted by atomic mass is 10.1. The van der Waals surface area contributed by atoms with E-state index in [-0.39, 0.29) is 11.3 Å². The summed E-state index contributed by atoms with van der Waals surface area (Å²) in [6.45, 7) is 1.21. The minimum atomic E-state index is -1.12. The van der Waals surface area contributed by atoms with Gasteiger partial charge in [0.15, 0.2) is 5.69 Å². The molecule has 2 aromatic rings. The summed E-state index contributed by atoms with van der Waals surface area (Å²) in [7, 11) is 3.89. The lowest BCUT2D eigenvalue weighted by Crippen LogP contribution is -2.27. The highest BCUT2D eigenvalue weighted by Crippen LogP contribution is 2.13. The standard InChI is InChI=1S/C14H17N3O3/c1-16(2)8-5-9-17-13(18)11-7-4-3-6-10(11)12(15-17)14(19)20/h3-4,6-7H,5,8-9H2,1-2H3,(H,19,20). The molecule has 0 spiro atoms. The molecular weight excluding hydrogens is 258 g/mol. The van der Waals surface area contributed by atoms with Gasteiger partial charge in [0.2, 0.25) is 0 Å². The molecule has 0 aliphatic rings. The van der Waals surface area contributed by atoms with Crippen molar-refractivity contribution >= 4 is 16.7 Å². The number of aromatic carboxylic acids is 1. The zero-order chi connectivity index (χ0) is 14.7. The van der Waals surface area contributed by atoms with Crippen LogP contribution in [0.4, 0.5) is 0 Å². The van der Waals surface area contributed by atoms with Crippen molar-refractivity contribution in [2.45, 2.75) is 13.0 Å². The van der Waals surface area contributed by atoms with Gasteiger partial charge < -0.3 is 10.0 Å². The second-order valence-electron chi connectivity index (χ2n) is 4.88.